The maximum absolute atomic E-state index is 13.1. The standard InChI is InChI=1S/C75H146O17P2/c1-8-9-10-11-32-42-49-56-72(77)85-62-70(91-75(80)59-52-45-38-31-25-28-35-41-48-55-68(6)7)64-89-93(81,82)87-60-69(76)61-88-94(83,84)90-65-71(63-86-73(78)57-50-43-36-29-24-20-22-27-34-40-47-54-67(4)5)92-74(79)58-51-44-37-30-23-19-17-15-13-12-14-16-18-21-26-33-39-46-53-66(2)3/h66-71,76H,8-65H2,1-7H3,(H,81,82)(H,83,84)/t69-,70+,71+/m0/s1. The Kier molecular flexibility index (Phi) is 64.3. The van der Waals surface area contributed by atoms with Crippen LogP contribution >= 0.6 is 15.6 Å². The van der Waals surface area contributed by atoms with Crippen LogP contribution in [0.15, 0.2) is 0 Å². The summed E-state index contributed by atoms with van der Waals surface area (Å²) in [6, 6.07) is 0. The molecular weight excluding hydrogens is 1230 g/mol. The second kappa shape index (κ2) is 65.7. The lowest BCUT2D eigenvalue weighted by Crippen LogP contribution is -2.30. The minimum Gasteiger partial charge on any atom is -0.462 e. The van der Waals surface area contributed by atoms with Crippen molar-refractivity contribution in [2.75, 3.05) is 39.6 Å². The summed E-state index contributed by atoms with van der Waals surface area (Å²) in [5.74, 6) is 0.203. The number of carbonyl (C=O) groups is 4. The van der Waals surface area contributed by atoms with Crippen LogP contribution in [0.2, 0.25) is 0 Å². The monoisotopic (exact) mass is 1380 g/mol. The van der Waals surface area contributed by atoms with Gasteiger partial charge in [-0.3, -0.25) is 37.3 Å². The number of hydrogen-bond donors (Lipinski definition) is 3. The number of aliphatic hydroxyl groups is 1. The summed E-state index contributed by atoms with van der Waals surface area (Å²) >= 11 is 0. The average molecular weight is 1380 g/mol. The maximum Gasteiger partial charge on any atom is 0.472 e. The molecule has 17 nitrogen and oxygen atoms in total. The zero-order chi connectivity index (χ0) is 69.4. The predicted octanol–water partition coefficient (Wildman–Crippen LogP) is 21.8. The van der Waals surface area contributed by atoms with Gasteiger partial charge in [0.1, 0.15) is 19.3 Å². The average Bonchev–Trinajstić information content (AvgIpc) is 1.22. The van der Waals surface area contributed by atoms with Crippen molar-refractivity contribution in [3.05, 3.63) is 0 Å². The highest BCUT2D eigenvalue weighted by atomic mass is 31.2. The molecule has 94 heavy (non-hydrogen) atoms. The third-order valence-corrected chi connectivity index (χ3v) is 19.3. The minimum atomic E-state index is -4.96. The number of ether oxygens (including phenoxy) is 4. The van der Waals surface area contributed by atoms with E-state index >= 15 is 0 Å². The van der Waals surface area contributed by atoms with Crippen molar-refractivity contribution < 1.29 is 80.2 Å². The first-order valence-corrected chi connectivity index (χ1v) is 41.8. The number of unbranched alkanes of at least 4 members (excludes halogenated alkanes) is 41. The van der Waals surface area contributed by atoms with Crippen LogP contribution in [0.4, 0.5) is 0 Å². The summed E-state index contributed by atoms with van der Waals surface area (Å²) in [4.78, 5) is 72.6. The first-order valence-electron chi connectivity index (χ1n) is 38.8. The first kappa shape index (κ1) is 92.1. The fraction of sp³-hybridized carbons (Fsp3) is 0.947. The maximum atomic E-state index is 13.1. The van der Waals surface area contributed by atoms with E-state index in [9.17, 15) is 43.2 Å². The van der Waals surface area contributed by atoms with Gasteiger partial charge in [-0.05, 0) is 43.4 Å². The molecule has 0 radical (unpaired) electrons. The number of aliphatic hydroxyl groups excluding tert-OH is 1. The quantitative estimate of drug-likeness (QED) is 0.0222. The highest BCUT2D eigenvalue weighted by Gasteiger charge is 2.30. The van der Waals surface area contributed by atoms with Crippen molar-refractivity contribution >= 4 is 39.5 Å². The molecule has 0 aromatic heterocycles. The minimum absolute atomic E-state index is 0.105. The smallest absolute Gasteiger partial charge is 0.462 e. The lowest BCUT2D eigenvalue weighted by Gasteiger charge is -2.21. The Morgan fingerprint density at radius 2 is 0.489 bits per heavy atom. The van der Waals surface area contributed by atoms with E-state index in [4.69, 9.17) is 37.0 Å². The topological polar surface area (TPSA) is 237 Å². The predicted molar refractivity (Wildman–Crippen MR) is 381 cm³/mol. The van der Waals surface area contributed by atoms with E-state index < -0.39 is 97.5 Å². The lowest BCUT2D eigenvalue weighted by molar-refractivity contribution is -0.161. The van der Waals surface area contributed by atoms with Crippen LogP contribution in [0.5, 0.6) is 0 Å². The highest BCUT2D eigenvalue weighted by Crippen LogP contribution is 2.45. The third-order valence-electron chi connectivity index (χ3n) is 17.4. The van der Waals surface area contributed by atoms with Crippen molar-refractivity contribution in [3.8, 4) is 0 Å². The van der Waals surface area contributed by atoms with E-state index in [1.54, 1.807) is 0 Å². The van der Waals surface area contributed by atoms with Gasteiger partial charge in [-0.25, -0.2) is 9.13 Å². The van der Waals surface area contributed by atoms with Crippen molar-refractivity contribution in [2.24, 2.45) is 17.8 Å². The summed E-state index contributed by atoms with van der Waals surface area (Å²) in [5, 5.41) is 10.6. The van der Waals surface area contributed by atoms with Gasteiger partial charge in [0.15, 0.2) is 12.2 Å². The van der Waals surface area contributed by atoms with Crippen molar-refractivity contribution in [1.29, 1.82) is 0 Å². The van der Waals surface area contributed by atoms with Crippen LogP contribution in [0, 0.1) is 17.8 Å². The Morgan fingerprint density at radius 3 is 0.723 bits per heavy atom. The molecule has 0 aliphatic carbocycles. The van der Waals surface area contributed by atoms with Crippen LogP contribution in [-0.2, 0) is 65.4 Å². The van der Waals surface area contributed by atoms with E-state index in [2.05, 4.69) is 48.5 Å². The molecule has 0 bridgehead atoms. The van der Waals surface area contributed by atoms with E-state index in [1.165, 1.54) is 180 Å². The molecule has 2 unspecified atom stereocenters. The van der Waals surface area contributed by atoms with E-state index in [0.29, 0.717) is 25.7 Å². The van der Waals surface area contributed by atoms with Crippen LogP contribution in [0.1, 0.15) is 382 Å². The number of esters is 4. The zero-order valence-electron chi connectivity index (χ0n) is 61.4. The molecule has 0 aromatic carbocycles. The van der Waals surface area contributed by atoms with Gasteiger partial charge in [-0.15, -0.1) is 0 Å². The first-order chi connectivity index (χ1) is 45.2. The second-order valence-corrected chi connectivity index (χ2v) is 31.4. The van der Waals surface area contributed by atoms with E-state index in [1.807, 2.05) is 0 Å². The zero-order valence-corrected chi connectivity index (χ0v) is 63.2. The third kappa shape index (κ3) is 68.6. The highest BCUT2D eigenvalue weighted by molar-refractivity contribution is 7.47. The normalized spacial score (nSPS) is 14.1. The van der Waals surface area contributed by atoms with E-state index in [0.717, 1.165) is 120 Å². The van der Waals surface area contributed by atoms with Gasteiger partial charge >= 0.3 is 39.5 Å². The van der Waals surface area contributed by atoms with Crippen LogP contribution < -0.4 is 0 Å². The molecule has 0 saturated carbocycles. The molecule has 0 heterocycles. The summed E-state index contributed by atoms with van der Waals surface area (Å²) < 4.78 is 68.3. The van der Waals surface area contributed by atoms with Crippen LogP contribution in [0.25, 0.3) is 0 Å². The summed E-state index contributed by atoms with van der Waals surface area (Å²) in [5.41, 5.74) is 0. The number of carbonyl (C=O) groups excluding carboxylic acids is 4. The molecule has 0 amide bonds. The largest absolute Gasteiger partial charge is 0.472 e. The molecule has 0 aliphatic heterocycles. The van der Waals surface area contributed by atoms with Crippen LogP contribution in [-0.4, -0.2) is 96.7 Å². The van der Waals surface area contributed by atoms with Gasteiger partial charge in [0.2, 0.25) is 0 Å². The Morgan fingerprint density at radius 1 is 0.287 bits per heavy atom. The molecule has 3 N–H and O–H groups in total. The molecule has 0 fully saturated rings. The molecule has 0 aromatic rings. The van der Waals surface area contributed by atoms with Crippen molar-refractivity contribution in [1.82, 2.24) is 0 Å². The summed E-state index contributed by atoms with van der Waals surface area (Å²) in [6.07, 6.45) is 51.6. The molecule has 19 heteroatoms. The van der Waals surface area contributed by atoms with E-state index in [-0.39, 0.29) is 25.7 Å². The number of phosphoric acid groups is 2. The molecule has 0 aliphatic rings. The Labute approximate surface area is 575 Å². The van der Waals surface area contributed by atoms with Crippen LogP contribution in [0.3, 0.4) is 0 Å². The Balaban J connectivity index is 5.17. The fourth-order valence-electron chi connectivity index (χ4n) is 11.4. The SMILES string of the molecule is CCCCCCCCCC(=O)OC[C@H](COP(=O)(O)OC[C@H](O)COP(=O)(O)OC[C@@H](COC(=O)CCCCCCCCCCCCCC(C)C)OC(=O)CCCCCCCCCCCCCCCCCCCCC(C)C)OC(=O)CCCCCCCCCCCC(C)C. The van der Waals surface area contributed by atoms with Crippen molar-refractivity contribution in [3.63, 3.8) is 0 Å². The molecule has 0 saturated heterocycles. The Bertz CT molecular complexity index is 1840. The molecule has 558 valence electrons. The van der Waals surface area contributed by atoms with Gasteiger partial charge in [0.25, 0.3) is 0 Å². The molecule has 0 rings (SSSR count). The lowest BCUT2D eigenvalue weighted by atomic mass is 10.0. The molecule has 5 atom stereocenters. The molecular formula is C75H146O17P2. The van der Waals surface area contributed by atoms with Gasteiger partial charge in [-0.1, -0.05) is 331 Å². The number of phosphoric ester groups is 2. The summed E-state index contributed by atoms with van der Waals surface area (Å²) in [7, 11) is -9.90. The molecule has 0 spiro atoms. The second-order valence-electron chi connectivity index (χ2n) is 28.5. The van der Waals surface area contributed by atoms with Gasteiger partial charge in [-0.2, -0.15) is 0 Å². The fourth-order valence-corrected chi connectivity index (χ4v) is 13.0. The number of rotatable bonds is 73. The summed E-state index contributed by atoms with van der Waals surface area (Å²) in [6.45, 7) is 11.9. The van der Waals surface area contributed by atoms with Gasteiger partial charge in [0, 0.05) is 25.7 Å². The number of hydrogen-bond acceptors (Lipinski definition) is 15. The van der Waals surface area contributed by atoms with Crippen molar-refractivity contribution in [2.45, 2.75) is 401 Å². The van der Waals surface area contributed by atoms with Gasteiger partial charge in [0.05, 0.1) is 26.4 Å². The Hall–Kier alpha value is -1.94. The van der Waals surface area contributed by atoms with Gasteiger partial charge < -0.3 is 33.8 Å².